The fourth-order valence-electron chi connectivity index (χ4n) is 2.28. The lowest BCUT2D eigenvalue weighted by Gasteiger charge is -2.26. The van der Waals surface area contributed by atoms with Crippen molar-refractivity contribution in [1.82, 2.24) is 15.5 Å². The first-order valence-corrected chi connectivity index (χ1v) is 6.32. The summed E-state index contributed by atoms with van der Waals surface area (Å²) in [6.45, 7) is 3.39. The van der Waals surface area contributed by atoms with E-state index in [1.807, 2.05) is 0 Å². The number of amides is 2. The van der Waals surface area contributed by atoms with Gasteiger partial charge in [-0.2, -0.15) is 0 Å². The van der Waals surface area contributed by atoms with E-state index in [1.165, 1.54) is 0 Å². The Morgan fingerprint density at radius 1 is 1.26 bits per heavy atom. The molecule has 0 atom stereocenters. The lowest BCUT2D eigenvalue weighted by atomic mass is 10.1. The van der Waals surface area contributed by atoms with Crippen molar-refractivity contribution >= 4 is 12.0 Å². The number of hydrogen-bond donors (Lipinski definition) is 2. The van der Waals surface area contributed by atoms with Crippen LogP contribution in [0.4, 0.5) is 4.79 Å². The van der Waals surface area contributed by atoms with E-state index in [1.54, 1.807) is 23.1 Å². The fourth-order valence-corrected chi connectivity index (χ4v) is 2.28. The minimum Gasteiger partial charge on any atom is -0.410 e. The van der Waals surface area contributed by atoms with E-state index in [4.69, 9.17) is 4.74 Å². The van der Waals surface area contributed by atoms with Gasteiger partial charge in [0.25, 0.3) is 5.91 Å². The molecule has 2 aliphatic rings. The van der Waals surface area contributed by atoms with Crippen LogP contribution >= 0.6 is 0 Å². The Balaban J connectivity index is 1.70. The summed E-state index contributed by atoms with van der Waals surface area (Å²) in [5.74, 6) is 0.411. The molecular formula is C13H15N3O3. The summed E-state index contributed by atoms with van der Waals surface area (Å²) < 4.78 is 5.33. The zero-order valence-corrected chi connectivity index (χ0v) is 10.4. The van der Waals surface area contributed by atoms with Gasteiger partial charge in [0.1, 0.15) is 5.75 Å². The van der Waals surface area contributed by atoms with E-state index in [9.17, 15) is 9.59 Å². The van der Waals surface area contributed by atoms with Gasteiger partial charge in [0.15, 0.2) is 0 Å². The van der Waals surface area contributed by atoms with Crippen LogP contribution in [0.3, 0.4) is 0 Å². The van der Waals surface area contributed by atoms with Crippen molar-refractivity contribution in [3.63, 3.8) is 0 Å². The van der Waals surface area contributed by atoms with Crippen LogP contribution < -0.4 is 15.4 Å². The molecule has 2 aliphatic heterocycles. The van der Waals surface area contributed by atoms with Crippen LogP contribution in [0.1, 0.15) is 15.9 Å². The molecule has 3 rings (SSSR count). The number of rotatable bonds is 1. The summed E-state index contributed by atoms with van der Waals surface area (Å²) in [6, 6.07) is 5.09. The number of fused-ring (bicyclic) bond motifs is 1. The van der Waals surface area contributed by atoms with Crippen LogP contribution in [0.15, 0.2) is 18.2 Å². The fraction of sp³-hybridized carbons (Fsp3) is 0.385. The second-order valence-corrected chi connectivity index (χ2v) is 4.61. The average molecular weight is 261 g/mol. The molecule has 1 fully saturated rings. The Labute approximate surface area is 110 Å². The first-order chi connectivity index (χ1) is 9.24. The quantitative estimate of drug-likeness (QED) is 0.764. The van der Waals surface area contributed by atoms with Crippen molar-refractivity contribution in [2.75, 3.05) is 26.2 Å². The number of carbonyl (C=O) groups excluding carboxylic acids is 2. The van der Waals surface area contributed by atoms with E-state index in [2.05, 4.69) is 10.6 Å². The maximum Gasteiger partial charge on any atom is 0.415 e. The topological polar surface area (TPSA) is 70.7 Å². The molecule has 0 radical (unpaired) electrons. The van der Waals surface area contributed by atoms with Gasteiger partial charge in [-0.05, 0) is 23.8 Å². The number of carbonyl (C=O) groups is 2. The van der Waals surface area contributed by atoms with E-state index in [-0.39, 0.29) is 12.0 Å². The lowest BCUT2D eigenvalue weighted by Crippen LogP contribution is -2.47. The Morgan fingerprint density at radius 3 is 2.84 bits per heavy atom. The number of benzene rings is 1. The third-order valence-corrected chi connectivity index (χ3v) is 3.34. The van der Waals surface area contributed by atoms with Gasteiger partial charge in [-0.3, -0.25) is 4.79 Å². The predicted molar refractivity (Wildman–Crippen MR) is 68.1 cm³/mol. The predicted octanol–water partition coefficient (Wildman–Crippen LogP) is 0.334. The molecule has 0 bridgehead atoms. The molecule has 0 saturated carbocycles. The molecule has 1 aromatic carbocycles. The smallest absolute Gasteiger partial charge is 0.410 e. The molecule has 0 unspecified atom stereocenters. The van der Waals surface area contributed by atoms with E-state index >= 15 is 0 Å². The highest BCUT2D eigenvalue weighted by molar-refractivity contribution is 5.98. The highest BCUT2D eigenvalue weighted by Crippen LogP contribution is 2.22. The number of hydrogen-bond acceptors (Lipinski definition) is 4. The van der Waals surface area contributed by atoms with Crippen LogP contribution in [0.5, 0.6) is 5.75 Å². The molecule has 2 N–H and O–H groups in total. The summed E-state index contributed by atoms with van der Waals surface area (Å²) in [7, 11) is 0. The Morgan fingerprint density at radius 2 is 2.05 bits per heavy atom. The van der Waals surface area contributed by atoms with Gasteiger partial charge < -0.3 is 20.3 Å². The molecule has 2 heterocycles. The second kappa shape index (κ2) is 4.89. The third kappa shape index (κ3) is 2.39. The van der Waals surface area contributed by atoms with E-state index in [0.29, 0.717) is 30.9 Å². The summed E-state index contributed by atoms with van der Waals surface area (Å²) in [4.78, 5) is 25.0. The van der Waals surface area contributed by atoms with Crippen molar-refractivity contribution in [3.8, 4) is 5.75 Å². The van der Waals surface area contributed by atoms with Gasteiger partial charge in [-0.25, -0.2) is 4.79 Å². The zero-order valence-electron chi connectivity index (χ0n) is 10.4. The molecule has 0 spiro atoms. The molecule has 6 heteroatoms. The Hall–Kier alpha value is -2.08. The van der Waals surface area contributed by atoms with E-state index in [0.717, 1.165) is 18.7 Å². The van der Waals surface area contributed by atoms with Crippen molar-refractivity contribution in [2.45, 2.75) is 6.54 Å². The zero-order chi connectivity index (χ0) is 13.2. The second-order valence-electron chi connectivity index (χ2n) is 4.61. The Kier molecular flexibility index (Phi) is 3.08. The van der Waals surface area contributed by atoms with Crippen molar-refractivity contribution < 1.29 is 14.3 Å². The van der Waals surface area contributed by atoms with Gasteiger partial charge >= 0.3 is 6.09 Å². The maximum atomic E-state index is 11.9. The Bertz CT molecular complexity index is 524. The first-order valence-electron chi connectivity index (χ1n) is 6.32. The van der Waals surface area contributed by atoms with Gasteiger partial charge in [0, 0.05) is 38.3 Å². The first kappa shape index (κ1) is 12.0. The lowest BCUT2D eigenvalue weighted by molar-refractivity contribution is 0.0965. The minimum absolute atomic E-state index is 0.0741. The maximum absolute atomic E-state index is 11.9. The molecule has 0 aromatic heterocycles. The van der Waals surface area contributed by atoms with Crippen molar-refractivity contribution in [3.05, 3.63) is 29.3 Å². The highest BCUT2D eigenvalue weighted by atomic mass is 16.6. The number of ether oxygens (including phenoxy) is 1. The van der Waals surface area contributed by atoms with Crippen LogP contribution in [0.25, 0.3) is 0 Å². The van der Waals surface area contributed by atoms with Crippen molar-refractivity contribution in [1.29, 1.82) is 0 Å². The summed E-state index contributed by atoms with van der Waals surface area (Å²) in [5.41, 5.74) is 1.53. The summed E-state index contributed by atoms with van der Waals surface area (Å²) in [6.07, 6.45) is -0.335. The largest absolute Gasteiger partial charge is 0.415 e. The number of piperazine rings is 1. The summed E-state index contributed by atoms with van der Waals surface area (Å²) in [5, 5.41) is 5.91. The van der Waals surface area contributed by atoms with Gasteiger partial charge in [-0.15, -0.1) is 0 Å². The summed E-state index contributed by atoms with van der Waals surface area (Å²) >= 11 is 0. The van der Waals surface area contributed by atoms with Crippen LogP contribution in [-0.2, 0) is 6.54 Å². The van der Waals surface area contributed by atoms with Gasteiger partial charge in [0.05, 0.1) is 0 Å². The van der Waals surface area contributed by atoms with Gasteiger partial charge in [-0.1, -0.05) is 0 Å². The minimum atomic E-state index is -0.335. The molecule has 0 aliphatic carbocycles. The number of nitrogens with zero attached hydrogens (tertiary/aromatic N) is 1. The SMILES string of the molecule is O=C1NCc2cc(OC(=O)N3CCNCC3)ccc21. The van der Waals surface area contributed by atoms with Crippen LogP contribution in [0, 0.1) is 0 Å². The van der Waals surface area contributed by atoms with E-state index < -0.39 is 0 Å². The molecule has 6 nitrogen and oxygen atoms in total. The standard InChI is InChI=1S/C13H15N3O3/c17-12-11-2-1-10(7-9(11)8-15-12)19-13(18)16-5-3-14-4-6-16/h1-2,7,14H,3-6,8H2,(H,15,17). The van der Waals surface area contributed by atoms with Crippen LogP contribution in [-0.4, -0.2) is 43.1 Å². The number of nitrogens with one attached hydrogen (secondary N) is 2. The van der Waals surface area contributed by atoms with Crippen LogP contribution in [0.2, 0.25) is 0 Å². The highest BCUT2D eigenvalue weighted by Gasteiger charge is 2.21. The molecule has 100 valence electrons. The normalized spacial score (nSPS) is 17.9. The van der Waals surface area contributed by atoms with Crippen molar-refractivity contribution in [2.24, 2.45) is 0 Å². The van der Waals surface area contributed by atoms with Gasteiger partial charge in [0.2, 0.25) is 0 Å². The monoisotopic (exact) mass is 261 g/mol. The molecular weight excluding hydrogens is 246 g/mol. The molecule has 2 amide bonds. The molecule has 1 saturated heterocycles. The average Bonchev–Trinajstić information content (AvgIpc) is 2.81. The molecule has 1 aromatic rings. The molecule has 19 heavy (non-hydrogen) atoms. The third-order valence-electron chi connectivity index (χ3n) is 3.34.